The van der Waals surface area contributed by atoms with Gasteiger partial charge in [-0.3, -0.25) is 9.59 Å². The van der Waals surface area contributed by atoms with Crippen molar-refractivity contribution in [2.75, 3.05) is 11.5 Å². The Morgan fingerprint density at radius 2 is 1.95 bits per heavy atom. The number of nitrogen functional groups attached to an aromatic ring is 2. The van der Waals surface area contributed by atoms with Gasteiger partial charge in [0, 0.05) is 23.9 Å². The first-order chi connectivity index (χ1) is 10.3. The summed E-state index contributed by atoms with van der Waals surface area (Å²) in [5.41, 5.74) is 17.7. The van der Waals surface area contributed by atoms with Crippen LogP contribution in [0.15, 0.2) is 24.3 Å². The van der Waals surface area contributed by atoms with Crippen LogP contribution in [0.2, 0.25) is 0 Å². The lowest BCUT2D eigenvalue weighted by molar-refractivity contribution is -0.141. The highest BCUT2D eigenvalue weighted by Crippen LogP contribution is 2.16. The minimum absolute atomic E-state index is 0.0787. The van der Waals surface area contributed by atoms with Gasteiger partial charge in [-0.25, -0.2) is 4.79 Å². The fraction of sp³-hybridized carbons (Fsp3) is 0.214. The van der Waals surface area contributed by atoms with Gasteiger partial charge >= 0.3 is 5.97 Å². The Hall–Kier alpha value is -3.03. The maximum atomic E-state index is 11.7. The lowest BCUT2D eigenvalue weighted by Gasteiger charge is -2.12. The first-order valence-corrected chi connectivity index (χ1v) is 6.44. The molecule has 0 aliphatic heterocycles. The summed E-state index contributed by atoms with van der Waals surface area (Å²) < 4.78 is 0. The molecule has 0 saturated carbocycles. The van der Waals surface area contributed by atoms with Gasteiger partial charge in [0.25, 0.3) is 0 Å². The van der Waals surface area contributed by atoms with E-state index < -0.39 is 23.8 Å². The molecular formula is C14H18N4O4. The number of benzene rings is 1. The van der Waals surface area contributed by atoms with Crippen LogP contribution in [0, 0.1) is 0 Å². The van der Waals surface area contributed by atoms with Crippen LogP contribution in [0.25, 0.3) is 6.08 Å². The van der Waals surface area contributed by atoms with E-state index in [9.17, 15) is 14.4 Å². The number of primary amides is 1. The molecule has 1 aromatic rings. The molecule has 1 rings (SSSR count). The predicted octanol–water partition coefficient (Wildman–Crippen LogP) is -0.301. The van der Waals surface area contributed by atoms with Gasteiger partial charge in [0.2, 0.25) is 11.8 Å². The van der Waals surface area contributed by atoms with Crippen LogP contribution in [-0.4, -0.2) is 28.9 Å². The SMILES string of the molecule is NC(=O)CCC(NC(=O)/C=C/c1cc(N)ccc1N)C(=O)O. The maximum absolute atomic E-state index is 11.7. The van der Waals surface area contributed by atoms with Crippen LogP contribution in [0.1, 0.15) is 18.4 Å². The summed E-state index contributed by atoms with van der Waals surface area (Å²) in [4.78, 5) is 33.4. The quantitative estimate of drug-likeness (QED) is 0.343. The highest BCUT2D eigenvalue weighted by molar-refractivity contribution is 5.95. The molecule has 0 radical (unpaired) electrons. The van der Waals surface area contributed by atoms with Crippen molar-refractivity contribution in [2.45, 2.75) is 18.9 Å². The number of carboxylic acid groups (broad SMARTS) is 1. The molecule has 0 aromatic heterocycles. The minimum Gasteiger partial charge on any atom is -0.480 e. The fourth-order valence-corrected chi connectivity index (χ4v) is 1.67. The highest BCUT2D eigenvalue weighted by Gasteiger charge is 2.19. The fourth-order valence-electron chi connectivity index (χ4n) is 1.67. The van der Waals surface area contributed by atoms with E-state index >= 15 is 0 Å². The molecule has 2 amide bonds. The molecule has 0 aliphatic rings. The van der Waals surface area contributed by atoms with Crippen molar-refractivity contribution >= 4 is 35.2 Å². The third-order valence-electron chi connectivity index (χ3n) is 2.82. The summed E-state index contributed by atoms with van der Waals surface area (Å²) in [6, 6.07) is 3.61. The van der Waals surface area contributed by atoms with Crippen LogP contribution in [-0.2, 0) is 14.4 Å². The van der Waals surface area contributed by atoms with Crippen LogP contribution >= 0.6 is 0 Å². The molecule has 118 valence electrons. The Kier molecular flexibility index (Phi) is 5.94. The predicted molar refractivity (Wildman–Crippen MR) is 82.3 cm³/mol. The second-order valence-corrected chi connectivity index (χ2v) is 4.63. The first kappa shape index (κ1) is 17.0. The highest BCUT2D eigenvalue weighted by atomic mass is 16.4. The number of amides is 2. The number of anilines is 2. The number of carbonyl (C=O) groups excluding carboxylic acids is 2. The van der Waals surface area contributed by atoms with E-state index in [0.717, 1.165) is 6.08 Å². The monoisotopic (exact) mass is 306 g/mol. The summed E-state index contributed by atoms with van der Waals surface area (Å²) in [6.07, 6.45) is 2.35. The summed E-state index contributed by atoms with van der Waals surface area (Å²) in [5.74, 6) is -2.51. The van der Waals surface area contributed by atoms with E-state index in [0.29, 0.717) is 16.9 Å². The number of aliphatic carboxylic acids is 1. The average Bonchev–Trinajstić information content (AvgIpc) is 2.43. The van der Waals surface area contributed by atoms with E-state index in [4.69, 9.17) is 22.3 Å². The van der Waals surface area contributed by atoms with Crippen molar-refractivity contribution in [2.24, 2.45) is 5.73 Å². The molecule has 0 spiro atoms. The molecule has 0 bridgehead atoms. The van der Waals surface area contributed by atoms with Gasteiger partial charge < -0.3 is 27.6 Å². The van der Waals surface area contributed by atoms with Gasteiger partial charge in [-0.15, -0.1) is 0 Å². The molecule has 8 N–H and O–H groups in total. The number of rotatable bonds is 7. The molecule has 1 aromatic carbocycles. The van der Waals surface area contributed by atoms with Crippen LogP contribution in [0.4, 0.5) is 11.4 Å². The molecule has 8 heteroatoms. The number of nitrogens with two attached hydrogens (primary N) is 3. The largest absolute Gasteiger partial charge is 0.480 e. The molecule has 0 fully saturated rings. The summed E-state index contributed by atoms with van der Waals surface area (Å²) >= 11 is 0. The van der Waals surface area contributed by atoms with Crippen LogP contribution < -0.4 is 22.5 Å². The van der Waals surface area contributed by atoms with Crippen molar-refractivity contribution in [3.8, 4) is 0 Å². The molecule has 1 unspecified atom stereocenters. The van der Waals surface area contributed by atoms with Crippen LogP contribution in [0.3, 0.4) is 0 Å². The van der Waals surface area contributed by atoms with Gasteiger partial charge in [0.05, 0.1) is 0 Å². The number of hydrogen-bond acceptors (Lipinski definition) is 5. The molecule has 0 heterocycles. The third-order valence-corrected chi connectivity index (χ3v) is 2.82. The summed E-state index contributed by atoms with van der Waals surface area (Å²) in [5, 5.41) is 11.2. The van der Waals surface area contributed by atoms with Crippen molar-refractivity contribution in [3.05, 3.63) is 29.8 Å². The summed E-state index contributed by atoms with van der Waals surface area (Å²) in [7, 11) is 0. The minimum atomic E-state index is -1.24. The molecule has 0 aliphatic carbocycles. The smallest absolute Gasteiger partial charge is 0.326 e. The van der Waals surface area contributed by atoms with Crippen molar-refractivity contribution < 1.29 is 19.5 Å². The zero-order valence-corrected chi connectivity index (χ0v) is 11.8. The lowest BCUT2D eigenvalue weighted by atomic mass is 10.1. The standard InChI is InChI=1S/C14H18N4O4/c15-9-2-3-10(16)8(7-9)1-6-13(20)18-11(14(21)22)4-5-12(17)19/h1-3,6-7,11H,4-5,15-16H2,(H2,17,19)(H,18,20)(H,21,22)/b6-1+. The van der Waals surface area contributed by atoms with Gasteiger partial charge in [0.15, 0.2) is 0 Å². The Morgan fingerprint density at radius 3 is 2.55 bits per heavy atom. The number of nitrogens with one attached hydrogen (secondary N) is 1. The first-order valence-electron chi connectivity index (χ1n) is 6.44. The van der Waals surface area contributed by atoms with E-state index in [-0.39, 0.29) is 12.8 Å². The zero-order valence-electron chi connectivity index (χ0n) is 11.8. The van der Waals surface area contributed by atoms with Gasteiger partial charge in [-0.05, 0) is 36.3 Å². The van der Waals surface area contributed by atoms with Crippen molar-refractivity contribution in [1.29, 1.82) is 0 Å². The summed E-state index contributed by atoms with van der Waals surface area (Å²) in [6.45, 7) is 0. The molecule has 22 heavy (non-hydrogen) atoms. The molecule has 0 saturated heterocycles. The molecule has 1 atom stereocenters. The Bertz CT molecular complexity index is 613. The number of carbonyl (C=O) groups is 3. The van der Waals surface area contributed by atoms with Gasteiger partial charge in [-0.2, -0.15) is 0 Å². The van der Waals surface area contributed by atoms with Crippen molar-refractivity contribution in [1.82, 2.24) is 5.32 Å². The number of carboxylic acids is 1. The lowest BCUT2D eigenvalue weighted by Crippen LogP contribution is -2.40. The average molecular weight is 306 g/mol. The Balaban J connectivity index is 2.70. The zero-order chi connectivity index (χ0) is 16.7. The van der Waals surface area contributed by atoms with E-state index in [1.165, 1.54) is 6.08 Å². The topological polar surface area (TPSA) is 162 Å². The second kappa shape index (κ2) is 7.67. The maximum Gasteiger partial charge on any atom is 0.326 e. The van der Waals surface area contributed by atoms with Gasteiger partial charge in [0.1, 0.15) is 6.04 Å². The van der Waals surface area contributed by atoms with Gasteiger partial charge in [-0.1, -0.05) is 0 Å². The molecule has 8 nitrogen and oxygen atoms in total. The Morgan fingerprint density at radius 1 is 1.27 bits per heavy atom. The van der Waals surface area contributed by atoms with E-state index in [2.05, 4.69) is 5.32 Å². The second-order valence-electron chi connectivity index (χ2n) is 4.63. The van der Waals surface area contributed by atoms with E-state index in [1.54, 1.807) is 18.2 Å². The number of hydrogen-bond donors (Lipinski definition) is 5. The normalized spacial score (nSPS) is 12.0. The third kappa shape index (κ3) is 5.53. The van der Waals surface area contributed by atoms with Crippen LogP contribution in [0.5, 0.6) is 0 Å². The van der Waals surface area contributed by atoms with Crippen molar-refractivity contribution in [3.63, 3.8) is 0 Å². The van der Waals surface area contributed by atoms with E-state index in [1.807, 2.05) is 0 Å². The Labute approximate surface area is 127 Å². The molecular weight excluding hydrogens is 288 g/mol.